The van der Waals surface area contributed by atoms with Crippen LogP contribution in [0.5, 0.6) is 0 Å². The maximum Gasteiger partial charge on any atom is 0.120 e. The van der Waals surface area contributed by atoms with Gasteiger partial charge in [0.1, 0.15) is 5.76 Å². The van der Waals surface area contributed by atoms with Crippen LogP contribution in [0.4, 0.5) is 0 Å². The molecule has 0 aliphatic heterocycles. The quantitative estimate of drug-likeness (QED) is 0.715. The lowest BCUT2D eigenvalue weighted by Crippen LogP contribution is -2.25. The van der Waals surface area contributed by atoms with E-state index in [4.69, 9.17) is 0 Å². The van der Waals surface area contributed by atoms with Crippen molar-refractivity contribution in [2.75, 3.05) is 0 Å². The number of allylic oxidation sites excluding steroid dienone is 2. The first-order valence-electron chi connectivity index (χ1n) is 6.34. The van der Waals surface area contributed by atoms with Crippen molar-refractivity contribution in [3.63, 3.8) is 0 Å². The summed E-state index contributed by atoms with van der Waals surface area (Å²) in [6, 6.07) is 10.5. The number of benzene rings is 2. The van der Waals surface area contributed by atoms with E-state index in [0.29, 0.717) is 5.76 Å². The van der Waals surface area contributed by atoms with Gasteiger partial charge in [-0.25, -0.2) is 0 Å². The first-order valence-corrected chi connectivity index (χ1v) is 6.34. The van der Waals surface area contributed by atoms with Gasteiger partial charge in [-0.2, -0.15) is 0 Å². The van der Waals surface area contributed by atoms with Gasteiger partial charge in [0.25, 0.3) is 0 Å². The molecule has 2 aromatic rings. The minimum Gasteiger partial charge on any atom is -0.508 e. The van der Waals surface area contributed by atoms with Crippen molar-refractivity contribution in [2.45, 2.75) is 18.8 Å². The Bertz CT molecular complexity index is 737. The molecule has 0 saturated heterocycles. The Morgan fingerprint density at radius 1 is 1.17 bits per heavy atom. The molecule has 0 bridgehead atoms. The SMILES string of the molecule is CC12C=C(O)c3cccc4ccc(c1c34)C=CC2. The molecule has 0 aromatic heterocycles. The summed E-state index contributed by atoms with van der Waals surface area (Å²) >= 11 is 0. The van der Waals surface area contributed by atoms with Crippen molar-refractivity contribution in [3.8, 4) is 0 Å². The summed E-state index contributed by atoms with van der Waals surface area (Å²) in [6.45, 7) is 2.21. The molecule has 0 spiro atoms. The maximum atomic E-state index is 10.3. The molecular weight excluding hydrogens is 220 g/mol. The van der Waals surface area contributed by atoms with Crippen LogP contribution < -0.4 is 0 Å². The van der Waals surface area contributed by atoms with Crippen molar-refractivity contribution >= 4 is 22.6 Å². The molecule has 1 unspecified atom stereocenters. The molecule has 0 fully saturated rings. The summed E-state index contributed by atoms with van der Waals surface area (Å²) in [5.41, 5.74) is 3.56. The van der Waals surface area contributed by atoms with Crippen LogP contribution in [-0.2, 0) is 5.41 Å². The molecule has 2 aliphatic carbocycles. The molecule has 0 radical (unpaired) electrons. The molecule has 1 heteroatoms. The molecule has 2 aromatic carbocycles. The summed E-state index contributed by atoms with van der Waals surface area (Å²) in [5, 5.41) is 12.7. The van der Waals surface area contributed by atoms with E-state index in [1.807, 2.05) is 18.2 Å². The Morgan fingerprint density at radius 3 is 2.94 bits per heavy atom. The van der Waals surface area contributed by atoms with E-state index < -0.39 is 0 Å². The van der Waals surface area contributed by atoms with Gasteiger partial charge in [-0.15, -0.1) is 0 Å². The minimum atomic E-state index is -0.0674. The summed E-state index contributed by atoms with van der Waals surface area (Å²) in [7, 11) is 0. The monoisotopic (exact) mass is 234 g/mol. The Hall–Kier alpha value is -2.02. The largest absolute Gasteiger partial charge is 0.508 e. The molecule has 4 rings (SSSR count). The average Bonchev–Trinajstić information content (AvgIpc) is 2.36. The zero-order valence-corrected chi connectivity index (χ0v) is 10.3. The summed E-state index contributed by atoms with van der Waals surface area (Å²) < 4.78 is 0. The van der Waals surface area contributed by atoms with Crippen LogP contribution in [0.1, 0.15) is 30.0 Å². The average molecular weight is 234 g/mol. The zero-order valence-electron chi connectivity index (χ0n) is 10.3. The first kappa shape index (κ1) is 9.95. The predicted octanol–water partition coefficient (Wildman–Crippen LogP) is 4.43. The zero-order chi connectivity index (χ0) is 12.3. The fourth-order valence-corrected chi connectivity index (χ4v) is 3.41. The van der Waals surface area contributed by atoms with Gasteiger partial charge >= 0.3 is 0 Å². The Kier molecular flexibility index (Phi) is 1.69. The highest BCUT2D eigenvalue weighted by molar-refractivity contribution is 6.00. The van der Waals surface area contributed by atoms with E-state index in [9.17, 15) is 5.11 Å². The highest BCUT2D eigenvalue weighted by atomic mass is 16.3. The smallest absolute Gasteiger partial charge is 0.120 e. The van der Waals surface area contributed by atoms with Gasteiger partial charge < -0.3 is 5.11 Å². The first-order chi connectivity index (χ1) is 8.69. The lowest BCUT2D eigenvalue weighted by atomic mass is 9.68. The molecule has 1 atom stereocenters. The second-order valence-electron chi connectivity index (χ2n) is 5.49. The molecule has 0 saturated carbocycles. The molecule has 0 heterocycles. The number of hydrogen-bond acceptors (Lipinski definition) is 1. The van der Waals surface area contributed by atoms with Gasteiger partial charge in [0, 0.05) is 11.0 Å². The normalized spacial score (nSPS) is 24.2. The van der Waals surface area contributed by atoms with Crippen LogP contribution in [0.3, 0.4) is 0 Å². The second-order valence-corrected chi connectivity index (χ2v) is 5.49. The third-order valence-electron chi connectivity index (χ3n) is 4.22. The van der Waals surface area contributed by atoms with Gasteiger partial charge in [-0.1, -0.05) is 49.4 Å². The number of aliphatic hydroxyl groups is 1. The standard InChI is InChI=1S/C17H14O/c1-17-9-3-5-12-8-7-11-4-2-6-13(14(18)10-17)15(11)16(12)17/h2-8,10,18H,9H2,1H3. The third-order valence-corrected chi connectivity index (χ3v) is 4.22. The van der Waals surface area contributed by atoms with Crippen LogP contribution in [0.15, 0.2) is 42.5 Å². The molecule has 18 heavy (non-hydrogen) atoms. The molecule has 88 valence electrons. The van der Waals surface area contributed by atoms with Gasteiger partial charge in [-0.3, -0.25) is 0 Å². The Morgan fingerprint density at radius 2 is 2.06 bits per heavy atom. The van der Waals surface area contributed by atoms with Crippen LogP contribution in [0.2, 0.25) is 0 Å². The number of hydrogen-bond donors (Lipinski definition) is 1. The topological polar surface area (TPSA) is 20.2 Å². The molecule has 1 N–H and O–H groups in total. The summed E-state index contributed by atoms with van der Waals surface area (Å²) in [5.74, 6) is 0.419. The Labute approximate surface area is 106 Å². The predicted molar refractivity (Wildman–Crippen MR) is 75.6 cm³/mol. The van der Waals surface area contributed by atoms with E-state index in [2.05, 4.69) is 37.3 Å². The van der Waals surface area contributed by atoms with Crippen LogP contribution >= 0.6 is 0 Å². The van der Waals surface area contributed by atoms with E-state index >= 15 is 0 Å². The highest BCUT2D eigenvalue weighted by Gasteiger charge is 2.34. The van der Waals surface area contributed by atoms with Crippen molar-refractivity contribution in [2.24, 2.45) is 0 Å². The van der Waals surface area contributed by atoms with Gasteiger partial charge in [-0.05, 0) is 34.4 Å². The summed E-state index contributed by atoms with van der Waals surface area (Å²) in [6.07, 6.45) is 7.37. The fraction of sp³-hybridized carbons (Fsp3) is 0.176. The maximum absolute atomic E-state index is 10.3. The molecular formula is C17H14O. The minimum absolute atomic E-state index is 0.0674. The molecule has 0 amide bonds. The van der Waals surface area contributed by atoms with Gasteiger partial charge in [0.2, 0.25) is 0 Å². The Balaban J connectivity index is 2.28. The van der Waals surface area contributed by atoms with Crippen LogP contribution in [0, 0.1) is 0 Å². The van der Waals surface area contributed by atoms with E-state index in [1.165, 1.54) is 21.9 Å². The third kappa shape index (κ3) is 1.07. The van der Waals surface area contributed by atoms with Crippen molar-refractivity contribution < 1.29 is 5.11 Å². The van der Waals surface area contributed by atoms with E-state index in [-0.39, 0.29) is 5.41 Å². The van der Waals surface area contributed by atoms with Gasteiger partial charge in [0.05, 0.1) is 0 Å². The summed E-state index contributed by atoms with van der Waals surface area (Å²) in [4.78, 5) is 0. The van der Waals surface area contributed by atoms with Crippen LogP contribution in [0.25, 0.3) is 22.6 Å². The van der Waals surface area contributed by atoms with E-state index in [1.54, 1.807) is 0 Å². The fourth-order valence-electron chi connectivity index (χ4n) is 3.41. The van der Waals surface area contributed by atoms with Crippen molar-refractivity contribution in [3.05, 3.63) is 59.2 Å². The lowest BCUT2D eigenvalue weighted by molar-refractivity contribution is 0.490. The van der Waals surface area contributed by atoms with Crippen molar-refractivity contribution in [1.82, 2.24) is 0 Å². The molecule has 1 nitrogen and oxygen atoms in total. The van der Waals surface area contributed by atoms with Gasteiger partial charge in [0.15, 0.2) is 0 Å². The molecule has 2 aliphatic rings. The second kappa shape index (κ2) is 3.05. The van der Waals surface area contributed by atoms with E-state index in [0.717, 1.165) is 12.0 Å². The van der Waals surface area contributed by atoms with Crippen molar-refractivity contribution in [1.29, 1.82) is 0 Å². The highest BCUT2D eigenvalue weighted by Crippen LogP contribution is 2.47. The number of rotatable bonds is 0. The van der Waals surface area contributed by atoms with Crippen LogP contribution in [-0.4, -0.2) is 5.11 Å². The lowest BCUT2D eigenvalue weighted by Gasteiger charge is -2.35. The number of aliphatic hydroxyl groups excluding tert-OH is 1.